The third-order valence-corrected chi connectivity index (χ3v) is 3.69. The van der Waals surface area contributed by atoms with Crippen molar-refractivity contribution in [2.75, 3.05) is 13.6 Å². The normalized spacial score (nSPS) is 14.9. The minimum absolute atomic E-state index is 0.315. The molecule has 0 bridgehead atoms. The average molecular weight is 242 g/mol. The van der Waals surface area contributed by atoms with Gasteiger partial charge < -0.3 is 9.88 Å². The van der Waals surface area contributed by atoms with Crippen molar-refractivity contribution in [3.8, 4) is 0 Å². The Balaban J connectivity index is 1.67. The van der Waals surface area contributed by atoms with Gasteiger partial charge in [0.2, 0.25) is 5.91 Å². The first kappa shape index (κ1) is 11.3. The van der Waals surface area contributed by atoms with Crippen LogP contribution in [0.15, 0.2) is 30.5 Å². The van der Waals surface area contributed by atoms with E-state index in [1.165, 1.54) is 16.5 Å². The Morgan fingerprint density at radius 1 is 1.39 bits per heavy atom. The molecule has 1 fully saturated rings. The molecular formula is C15H18N2O. The van der Waals surface area contributed by atoms with Gasteiger partial charge in [-0.15, -0.1) is 0 Å². The first-order valence-corrected chi connectivity index (χ1v) is 6.55. The number of hydrogen-bond donors (Lipinski definition) is 1. The van der Waals surface area contributed by atoms with E-state index in [4.69, 9.17) is 0 Å². The molecule has 0 saturated heterocycles. The van der Waals surface area contributed by atoms with Gasteiger partial charge >= 0.3 is 0 Å². The van der Waals surface area contributed by atoms with E-state index in [1.807, 2.05) is 18.0 Å². The molecule has 1 aromatic carbocycles. The van der Waals surface area contributed by atoms with Gasteiger partial charge in [0.1, 0.15) is 0 Å². The lowest BCUT2D eigenvalue weighted by Crippen LogP contribution is -2.29. The second-order valence-electron chi connectivity index (χ2n) is 5.14. The lowest BCUT2D eigenvalue weighted by atomic mass is 10.1. The molecule has 0 radical (unpaired) electrons. The lowest BCUT2D eigenvalue weighted by molar-refractivity contribution is -0.131. The summed E-state index contributed by atoms with van der Waals surface area (Å²) in [4.78, 5) is 17.0. The van der Waals surface area contributed by atoms with Crippen molar-refractivity contribution < 1.29 is 4.79 Å². The smallest absolute Gasteiger partial charge is 0.225 e. The first-order valence-electron chi connectivity index (χ1n) is 6.55. The minimum atomic E-state index is 0.315. The van der Waals surface area contributed by atoms with Crippen LogP contribution in [-0.4, -0.2) is 29.4 Å². The third-order valence-electron chi connectivity index (χ3n) is 3.69. The van der Waals surface area contributed by atoms with Crippen LogP contribution >= 0.6 is 0 Å². The number of fused-ring (bicyclic) bond motifs is 1. The molecule has 18 heavy (non-hydrogen) atoms. The van der Waals surface area contributed by atoms with E-state index in [-0.39, 0.29) is 0 Å². The molecule has 0 unspecified atom stereocenters. The summed E-state index contributed by atoms with van der Waals surface area (Å²) < 4.78 is 0. The van der Waals surface area contributed by atoms with E-state index in [1.54, 1.807) is 0 Å². The van der Waals surface area contributed by atoms with Crippen LogP contribution in [0.2, 0.25) is 0 Å². The van der Waals surface area contributed by atoms with Crippen molar-refractivity contribution in [1.29, 1.82) is 0 Å². The predicted octanol–water partition coefficient (Wildman–Crippen LogP) is 2.58. The van der Waals surface area contributed by atoms with Gasteiger partial charge in [0.25, 0.3) is 0 Å². The van der Waals surface area contributed by atoms with Crippen LogP contribution in [0, 0.1) is 5.92 Å². The fraction of sp³-hybridized carbons (Fsp3) is 0.400. The topological polar surface area (TPSA) is 36.1 Å². The van der Waals surface area contributed by atoms with Gasteiger partial charge in [-0.2, -0.15) is 0 Å². The van der Waals surface area contributed by atoms with E-state index < -0.39 is 0 Å². The second kappa shape index (κ2) is 4.48. The number of H-pyrrole nitrogens is 1. The first-order chi connectivity index (χ1) is 8.75. The van der Waals surface area contributed by atoms with Crippen LogP contribution in [0.3, 0.4) is 0 Å². The molecule has 1 aliphatic rings. The van der Waals surface area contributed by atoms with E-state index >= 15 is 0 Å². The van der Waals surface area contributed by atoms with Crippen LogP contribution in [-0.2, 0) is 11.2 Å². The van der Waals surface area contributed by atoms with Gasteiger partial charge in [0.15, 0.2) is 0 Å². The predicted molar refractivity (Wildman–Crippen MR) is 72.4 cm³/mol. The molecule has 1 aliphatic carbocycles. The fourth-order valence-electron chi connectivity index (χ4n) is 2.38. The molecular weight excluding hydrogens is 224 g/mol. The Labute approximate surface area is 107 Å². The summed E-state index contributed by atoms with van der Waals surface area (Å²) in [7, 11) is 1.91. The summed E-state index contributed by atoms with van der Waals surface area (Å²) in [6.07, 6.45) is 5.13. The maximum Gasteiger partial charge on any atom is 0.225 e. The monoisotopic (exact) mass is 242 g/mol. The molecule has 1 amide bonds. The Hall–Kier alpha value is -1.77. The highest BCUT2D eigenvalue weighted by Gasteiger charge is 2.31. The molecule has 0 spiro atoms. The van der Waals surface area contributed by atoms with Crippen molar-refractivity contribution in [3.05, 3.63) is 36.0 Å². The van der Waals surface area contributed by atoms with Crippen molar-refractivity contribution in [2.24, 2.45) is 5.92 Å². The SMILES string of the molecule is CN(CCc1c[nH]c2ccccc12)C(=O)C1CC1. The summed E-state index contributed by atoms with van der Waals surface area (Å²) >= 11 is 0. The molecule has 0 aliphatic heterocycles. The second-order valence-corrected chi connectivity index (χ2v) is 5.14. The number of nitrogens with zero attached hydrogens (tertiary/aromatic N) is 1. The summed E-state index contributed by atoms with van der Waals surface area (Å²) in [5.41, 5.74) is 2.46. The van der Waals surface area contributed by atoms with Gasteiger partial charge in [-0.05, 0) is 30.9 Å². The van der Waals surface area contributed by atoms with Crippen molar-refractivity contribution >= 4 is 16.8 Å². The van der Waals surface area contributed by atoms with E-state index in [9.17, 15) is 4.79 Å². The molecule has 3 nitrogen and oxygen atoms in total. The average Bonchev–Trinajstić information content (AvgIpc) is 3.16. The van der Waals surface area contributed by atoms with Crippen LogP contribution in [0.1, 0.15) is 18.4 Å². The Bertz CT molecular complexity index is 569. The number of aromatic nitrogens is 1. The number of para-hydroxylation sites is 1. The zero-order valence-corrected chi connectivity index (χ0v) is 10.6. The van der Waals surface area contributed by atoms with Gasteiger partial charge in [-0.25, -0.2) is 0 Å². The maximum atomic E-state index is 11.8. The van der Waals surface area contributed by atoms with Crippen molar-refractivity contribution in [1.82, 2.24) is 9.88 Å². The van der Waals surface area contributed by atoms with E-state index in [2.05, 4.69) is 29.4 Å². The number of likely N-dealkylation sites (N-methyl/N-ethyl adjacent to an activating group) is 1. The zero-order chi connectivity index (χ0) is 12.5. The highest BCUT2D eigenvalue weighted by atomic mass is 16.2. The Kier molecular flexibility index (Phi) is 2.82. The molecule has 1 heterocycles. The molecule has 1 N–H and O–H groups in total. The molecule has 3 heteroatoms. The number of hydrogen-bond acceptors (Lipinski definition) is 1. The zero-order valence-electron chi connectivity index (χ0n) is 10.6. The lowest BCUT2D eigenvalue weighted by Gasteiger charge is -2.16. The van der Waals surface area contributed by atoms with Gasteiger partial charge in [-0.1, -0.05) is 18.2 Å². The maximum absolute atomic E-state index is 11.8. The Morgan fingerprint density at radius 2 is 2.17 bits per heavy atom. The third kappa shape index (κ3) is 2.13. The molecule has 2 aromatic rings. The van der Waals surface area contributed by atoms with Crippen LogP contribution in [0.4, 0.5) is 0 Å². The number of nitrogens with one attached hydrogen (secondary N) is 1. The van der Waals surface area contributed by atoms with Crippen LogP contribution in [0.25, 0.3) is 10.9 Å². The summed E-state index contributed by atoms with van der Waals surface area (Å²) in [5.74, 6) is 0.632. The largest absolute Gasteiger partial charge is 0.361 e. The quantitative estimate of drug-likeness (QED) is 0.879. The molecule has 0 atom stereocenters. The molecule has 1 aromatic heterocycles. The number of amides is 1. The van der Waals surface area contributed by atoms with Crippen LogP contribution in [0.5, 0.6) is 0 Å². The van der Waals surface area contributed by atoms with Gasteiger partial charge in [-0.3, -0.25) is 4.79 Å². The summed E-state index contributed by atoms with van der Waals surface area (Å²) in [5, 5.41) is 1.27. The van der Waals surface area contributed by atoms with Crippen molar-refractivity contribution in [2.45, 2.75) is 19.3 Å². The summed E-state index contributed by atoms with van der Waals surface area (Å²) in [6, 6.07) is 8.30. The van der Waals surface area contributed by atoms with Crippen molar-refractivity contribution in [3.63, 3.8) is 0 Å². The molecule has 94 valence electrons. The Morgan fingerprint density at radius 3 is 2.94 bits per heavy atom. The van der Waals surface area contributed by atoms with Gasteiger partial charge in [0, 0.05) is 36.6 Å². The molecule has 3 rings (SSSR count). The highest BCUT2D eigenvalue weighted by Crippen LogP contribution is 2.30. The number of carbonyl (C=O) groups is 1. The van der Waals surface area contributed by atoms with E-state index in [0.29, 0.717) is 11.8 Å². The van der Waals surface area contributed by atoms with Crippen LogP contribution < -0.4 is 0 Å². The number of benzene rings is 1. The van der Waals surface area contributed by atoms with Gasteiger partial charge in [0.05, 0.1) is 0 Å². The number of carbonyl (C=O) groups excluding carboxylic acids is 1. The number of rotatable bonds is 4. The van der Waals surface area contributed by atoms with E-state index in [0.717, 1.165) is 25.8 Å². The number of aromatic amines is 1. The summed E-state index contributed by atoms with van der Waals surface area (Å²) in [6.45, 7) is 0.803. The minimum Gasteiger partial charge on any atom is -0.361 e. The fourth-order valence-corrected chi connectivity index (χ4v) is 2.38. The highest BCUT2D eigenvalue weighted by molar-refractivity contribution is 5.83. The molecule has 1 saturated carbocycles. The standard InChI is InChI=1S/C15H18N2O/c1-17(15(18)11-6-7-11)9-8-12-10-16-14-5-3-2-4-13(12)14/h2-5,10-11,16H,6-9H2,1H3.